The van der Waals surface area contributed by atoms with Crippen LogP contribution in [-0.2, 0) is 11.0 Å². The third-order valence-electron chi connectivity index (χ3n) is 1.98. The van der Waals surface area contributed by atoms with Crippen molar-refractivity contribution < 1.29 is 23.1 Å². The third-order valence-corrected chi connectivity index (χ3v) is 2.80. The minimum Gasteiger partial charge on any atom is -0.480 e. The average Bonchev–Trinajstić information content (AvgIpc) is 2.19. The smallest absolute Gasteiger partial charge is 0.416 e. The van der Waals surface area contributed by atoms with Crippen molar-refractivity contribution in [2.75, 3.05) is 0 Å². The highest BCUT2D eigenvalue weighted by atomic mass is 35.5. The zero-order chi connectivity index (χ0) is 13.4. The number of hydrogen-bond acceptors (Lipinski definition) is 2. The number of carbonyl (C=O) groups is 1. The summed E-state index contributed by atoms with van der Waals surface area (Å²) in [5, 5.41) is 7.94. The van der Waals surface area contributed by atoms with Gasteiger partial charge in [0.1, 0.15) is 6.04 Å². The molecule has 0 aliphatic rings. The molecule has 1 rings (SSSR count). The van der Waals surface area contributed by atoms with Crippen LogP contribution in [0.2, 0.25) is 10.0 Å². The fraction of sp³-hybridized carbons (Fsp3) is 0.222. The van der Waals surface area contributed by atoms with Gasteiger partial charge in [0, 0.05) is 5.56 Å². The van der Waals surface area contributed by atoms with Gasteiger partial charge < -0.3 is 10.8 Å². The number of alkyl halides is 3. The fourth-order valence-corrected chi connectivity index (χ4v) is 1.59. The summed E-state index contributed by atoms with van der Waals surface area (Å²) in [4.78, 5) is 10.6. The van der Waals surface area contributed by atoms with Gasteiger partial charge in [-0.2, -0.15) is 13.2 Å². The number of hydrogen-bond donors (Lipinski definition) is 2. The molecule has 0 aliphatic heterocycles. The standard InChI is InChI=1S/C9H6Cl2F3NO2/c10-5-2-3(9(12,13)14)1-4(6(5)11)7(15)8(16)17/h1-2,7H,15H2,(H,16,17)/t7-/m0/s1. The Bertz CT molecular complexity index is 462. The number of aliphatic carboxylic acids is 1. The van der Waals surface area contributed by atoms with Gasteiger partial charge in [-0.05, 0) is 12.1 Å². The van der Waals surface area contributed by atoms with Gasteiger partial charge in [-0.15, -0.1) is 0 Å². The first-order valence-electron chi connectivity index (χ1n) is 4.19. The van der Waals surface area contributed by atoms with E-state index < -0.39 is 28.8 Å². The summed E-state index contributed by atoms with van der Waals surface area (Å²) in [5.41, 5.74) is 3.74. The molecule has 0 aromatic heterocycles. The van der Waals surface area contributed by atoms with Crippen LogP contribution in [0.4, 0.5) is 13.2 Å². The molecule has 0 saturated carbocycles. The SMILES string of the molecule is N[C@H](C(=O)O)c1cc(C(F)(F)F)cc(Cl)c1Cl. The van der Waals surface area contributed by atoms with E-state index >= 15 is 0 Å². The molecule has 1 atom stereocenters. The maximum absolute atomic E-state index is 12.5. The Labute approximate surface area is 104 Å². The number of nitrogens with two attached hydrogens (primary N) is 1. The molecule has 94 valence electrons. The van der Waals surface area contributed by atoms with Crippen LogP contribution in [0.5, 0.6) is 0 Å². The summed E-state index contributed by atoms with van der Waals surface area (Å²) >= 11 is 11.1. The number of carboxylic acid groups (broad SMARTS) is 1. The first kappa shape index (κ1) is 14.1. The normalized spacial score (nSPS) is 13.5. The Hall–Kier alpha value is -0.980. The molecule has 17 heavy (non-hydrogen) atoms. The molecule has 3 nitrogen and oxygen atoms in total. The van der Waals surface area contributed by atoms with Crippen molar-refractivity contribution in [2.24, 2.45) is 5.73 Å². The van der Waals surface area contributed by atoms with Gasteiger partial charge in [-0.3, -0.25) is 4.79 Å². The predicted octanol–water partition coefficient (Wildman–Crippen LogP) is 3.10. The van der Waals surface area contributed by atoms with E-state index in [0.717, 1.165) is 0 Å². The van der Waals surface area contributed by atoms with Crippen LogP contribution >= 0.6 is 23.2 Å². The van der Waals surface area contributed by atoms with Gasteiger partial charge in [0.05, 0.1) is 15.6 Å². The third kappa shape index (κ3) is 3.02. The van der Waals surface area contributed by atoms with E-state index in [0.29, 0.717) is 12.1 Å². The molecule has 0 bridgehead atoms. The van der Waals surface area contributed by atoms with Crippen LogP contribution in [-0.4, -0.2) is 11.1 Å². The van der Waals surface area contributed by atoms with Crippen LogP contribution in [0, 0.1) is 0 Å². The molecule has 0 amide bonds. The molecular formula is C9H6Cl2F3NO2. The molecule has 0 unspecified atom stereocenters. The molecule has 8 heteroatoms. The summed E-state index contributed by atoms with van der Waals surface area (Å²) in [6.45, 7) is 0. The predicted molar refractivity (Wildman–Crippen MR) is 56.0 cm³/mol. The van der Waals surface area contributed by atoms with Crippen molar-refractivity contribution in [3.05, 3.63) is 33.3 Å². The second-order valence-electron chi connectivity index (χ2n) is 3.17. The average molecular weight is 288 g/mol. The summed E-state index contributed by atoms with van der Waals surface area (Å²) in [7, 11) is 0. The molecule has 0 saturated heterocycles. The summed E-state index contributed by atoms with van der Waals surface area (Å²) in [6.07, 6.45) is -4.65. The second kappa shape index (κ2) is 4.72. The minimum atomic E-state index is -4.65. The van der Waals surface area contributed by atoms with Crippen LogP contribution in [0.1, 0.15) is 17.2 Å². The number of rotatable bonds is 2. The molecule has 0 aliphatic carbocycles. The quantitative estimate of drug-likeness (QED) is 0.879. The molecule has 0 heterocycles. The zero-order valence-corrected chi connectivity index (χ0v) is 9.57. The Morgan fingerprint density at radius 1 is 1.35 bits per heavy atom. The fourth-order valence-electron chi connectivity index (χ4n) is 1.13. The Morgan fingerprint density at radius 2 is 1.88 bits per heavy atom. The van der Waals surface area contributed by atoms with Gasteiger partial charge in [0.15, 0.2) is 0 Å². The van der Waals surface area contributed by atoms with Crippen LogP contribution in [0.15, 0.2) is 12.1 Å². The van der Waals surface area contributed by atoms with E-state index in [-0.39, 0.29) is 10.6 Å². The monoisotopic (exact) mass is 287 g/mol. The van der Waals surface area contributed by atoms with Crippen LogP contribution in [0.3, 0.4) is 0 Å². The Kier molecular flexibility index (Phi) is 3.91. The lowest BCUT2D eigenvalue weighted by Crippen LogP contribution is -2.22. The van der Waals surface area contributed by atoms with Crippen molar-refractivity contribution in [3.63, 3.8) is 0 Å². The molecule has 0 spiro atoms. The molecule has 0 fully saturated rings. The van der Waals surface area contributed by atoms with Gasteiger partial charge in [-0.1, -0.05) is 23.2 Å². The molecular weight excluding hydrogens is 282 g/mol. The van der Waals surface area contributed by atoms with E-state index in [1.807, 2.05) is 0 Å². The second-order valence-corrected chi connectivity index (χ2v) is 3.96. The maximum atomic E-state index is 12.5. The topological polar surface area (TPSA) is 63.3 Å². The molecule has 0 radical (unpaired) electrons. The number of carboxylic acids is 1. The van der Waals surface area contributed by atoms with Crippen molar-refractivity contribution >= 4 is 29.2 Å². The molecule has 3 N–H and O–H groups in total. The minimum absolute atomic E-state index is 0.297. The number of benzene rings is 1. The van der Waals surface area contributed by atoms with E-state index in [2.05, 4.69) is 0 Å². The van der Waals surface area contributed by atoms with Crippen molar-refractivity contribution in [2.45, 2.75) is 12.2 Å². The first-order valence-corrected chi connectivity index (χ1v) is 4.94. The lowest BCUT2D eigenvalue weighted by atomic mass is 10.0. The Balaban J connectivity index is 3.40. The highest BCUT2D eigenvalue weighted by molar-refractivity contribution is 6.42. The summed E-state index contributed by atoms with van der Waals surface area (Å²) < 4.78 is 37.4. The summed E-state index contributed by atoms with van der Waals surface area (Å²) in [6, 6.07) is -0.475. The van der Waals surface area contributed by atoms with Crippen molar-refractivity contribution in [3.8, 4) is 0 Å². The largest absolute Gasteiger partial charge is 0.480 e. The highest BCUT2D eigenvalue weighted by Gasteiger charge is 2.33. The van der Waals surface area contributed by atoms with Crippen LogP contribution in [0.25, 0.3) is 0 Å². The van der Waals surface area contributed by atoms with E-state index in [1.165, 1.54) is 0 Å². The van der Waals surface area contributed by atoms with Crippen LogP contribution < -0.4 is 5.73 Å². The van der Waals surface area contributed by atoms with Gasteiger partial charge in [-0.25, -0.2) is 0 Å². The first-order chi connectivity index (χ1) is 7.64. The molecule has 1 aromatic carbocycles. The van der Waals surface area contributed by atoms with Gasteiger partial charge in [0.2, 0.25) is 0 Å². The van der Waals surface area contributed by atoms with Gasteiger partial charge >= 0.3 is 12.1 Å². The maximum Gasteiger partial charge on any atom is 0.416 e. The number of halogens is 5. The summed E-state index contributed by atoms with van der Waals surface area (Å²) in [5.74, 6) is -1.50. The van der Waals surface area contributed by atoms with Gasteiger partial charge in [0.25, 0.3) is 0 Å². The Morgan fingerprint density at radius 3 is 2.29 bits per heavy atom. The lowest BCUT2D eigenvalue weighted by molar-refractivity contribution is -0.140. The van der Waals surface area contributed by atoms with Crippen molar-refractivity contribution in [1.82, 2.24) is 0 Å². The van der Waals surface area contributed by atoms with Crippen molar-refractivity contribution in [1.29, 1.82) is 0 Å². The van der Waals surface area contributed by atoms with E-state index in [4.69, 9.17) is 34.0 Å². The lowest BCUT2D eigenvalue weighted by Gasteiger charge is -2.14. The highest BCUT2D eigenvalue weighted by Crippen LogP contribution is 2.37. The zero-order valence-electron chi connectivity index (χ0n) is 8.05. The van der Waals surface area contributed by atoms with E-state index in [9.17, 15) is 18.0 Å². The molecule has 1 aromatic rings. The van der Waals surface area contributed by atoms with E-state index in [1.54, 1.807) is 0 Å².